The fraction of sp³-hybridized carbons (Fsp3) is 0.476. The molecule has 6 heteroatoms. The van der Waals surface area contributed by atoms with Gasteiger partial charge in [0.25, 0.3) is 5.89 Å². The topological polar surface area (TPSA) is 51.8 Å². The quantitative estimate of drug-likeness (QED) is 0.493. The molecule has 0 amide bonds. The molecule has 2 heterocycles. The van der Waals surface area contributed by atoms with Gasteiger partial charge in [-0.2, -0.15) is 0 Å². The van der Waals surface area contributed by atoms with Crippen LogP contribution in [-0.2, 0) is 5.41 Å². The second-order valence-corrected chi connectivity index (χ2v) is 10.3. The van der Waals surface area contributed by atoms with E-state index in [4.69, 9.17) is 9.40 Å². The van der Waals surface area contributed by atoms with Crippen molar-refractivity contribution < 1.29 is 4.42 Å². The van der Waals surface area contributed by atoms with Crippen molar-refractivity contribution in [2.45, 2.75) is 43.9 Å². The monoisotopic (exact) mass is 441 g/mol. The Balaban J connectivity index is 1.33. The molecule has 3 aliphatic carbocycles. The van der Waals surface area contributed by atoms with E-state index in [0.717, 1.165) is 44.4 Å². The van der Waals surface area contributed by atoms with Gasteiger partial charge in [-0.05, 0) is 68.4 Å². The van der Waals surface area contributed by atoms with E-state index < -0.39 is 0 Å². The fourth-order valence-electron chi connectivity index (χ4n) is 5.89. The predicted molar refractivity (Wildman–Crippen MR) is 108 cm³/mol. The molecule has 1 aromatic carbocycles. The van der Waals surface area contributed by atoms with Gasteiger partial charge in [-0.15, -0.1) is 21.5 Å². The van der Waals surface area contributed by atoms with Crippen LogP contribution in [0.4, 0.5) is 0 Å². The molecule has 0 spiro atoms. The van der Waals surface area contributed by atoms with Gasteiger partial charge in [-0.3, -0.25) is 0 Å². The number of nitrogens with zero attached hydrogens (tertiary/aromatic N) is 3. The van der Waals surface area contributed by atoms with Gasteiger partial charge in [0.15, 0.2) is 0 Å². The Morgan fingerprint density at radius 1 is 1.15 bits per heavy atom. The molecule has 2 aromatic heterocycles. The third-order valence-electron chi connectivity index (χ3n) is 6.98. The van der Waals surface area contributed by atoms with Gasteiger partial charge >= 0.3 is 0 Å². The molecule has 4 unspecified atom stereocenters. The van der Waals surface area contributed by atoms with Gasteiger partial charge in [0.05, 0.1) is 5.41 Å². The van der Waals surface area contributed by atoms with Crippen LogP contribution in [0.15, 0.2) is 38.5 Å². The van der Waals surface area contributed by atoms with Crippen LogP contribution in [0.2, 0.25) is 0 Å². The predicted octanol–water partition coefficient (Wildman–Crippen LogP) is 6.09. The highest BCUT2D eigenvalue weighted by Crippen LogP contribution is 2.62. The summed E-state index contributed by atoms with van der Waals surface area (Å²) in [6.45, 7) is 0. The highest BCUT2D eigenvalue weighted by Gasteiger charge is 2.57. The minimum Gasteiger partial charge on any atom is -0.419 e. The third kappa shape index (κ3) is 2.56. The Labute approximate surface area is 170 Å². The summed E-state index contributed by atoms with van der Waals surface area (Å²) in [5, 5.41) is 11.9. The Morgan fingerprint density at radius 3 is 3.00 bits per heavy atom. The first-order valence-electron chi connectivity index (χ1n) is 9.75. The summed E-state index contributed by atoms with van der Waals surface area (Å²) in [5.41, 5.74) is 2.04. The van der Waals surface area contributed by atoms with Crippen molar-refractivity contribution in [3.63, 3.8) is 0 Å². The normalized spacial score (nSPS) is 31.5. The molecular weight excluding hydrogens is 422 g/mol. The van der Waals surface area contributed by atoms with Crippen molar-refractivity contribution in [3.05, 3.63) is 40.0 Å². The summed E-state index contributed by atoms with van der Waals surface area (Å²) in [6, 6.07) is 8.20. The third-order valence-corrected chi connectivity index (χ3v) is 8.37. The standard InChI is InChI=1S/C21H20BrN3OS/c22-16-3-1-2-14(9-16)19-23-17(11-27-19)18-24-25-20(26-18)21-5-4-12-6-13(10-21)8-15(21)7-12/h1-3,9,11-13,15H,4-8,10H2. The fourth-order valence-corrected chi connectivity index (χ4v) is 7.08. The zero-order valence-electron chi connectivity index (χ0n) is 14.9. The second kappa shape index (κ2) is 5.98. The summed E-state index contributed by atoms with van der Waals surface area (Å²) in [5.74, 6) is 4.01. The van der Waals surface area contributed by atoms with Gasteiger partial charge in [0.2, 0.25) is 5.89 Å². The molecule has 3 fully saturated rings. The minimum absolute atomic E-state index is 0.145. The maximum absolute atomic E-state index is 6.27. The lowest BCUT2D eigenvalue weighted by atomic mass is 9.64. The molecule has 0 N–H and O–H groups in total. The van der Waals surface area contributed by atoms with Gasteiger partial charge < -0.3 is 4.42 Å². The van der Waals surface area contributed by atoms with Gasteiger partial charge in [0.1, 0.15) is 10.7 Å². The number of thiazole rings is 1. The average Bonchev–Trinajstić information content (AvgIpc) is 3.36. The lowest BCUT2D eigenvalue weighted by Crippen LogP contribution is -2.36. The van der Waals surface area contributed by atoms with E-state index >= 15 is 0 Å². The molecule has 4 nitrogen and oxygen atoms in total. The van der Waals surface area contributed by atoms with E-state index in [2.05, 4.69) is 38.3 Å². The van der Waals surface area contributed by atoms with Crippen molar-refractivity contribution in [2.24, 2.45) is 17.8 Å². The lowest BCUT2D eigenvalue weighted by molar-refractivity contribution is 0.129. The van der Waals surface area contributed by atoms with Crippen LogP contribution in [-0.4, -0.2) is 15.2 Å². The molecule has 0 aliphatic heterocycles. The van der Waals surface area contributed by atoms with Crippen molar-refractivity contribution in [1.82, 2.24) is 15.2 Å². The number of benzene rings is 1. The van der Waals surface area contributed by atoms with Crippen LogP contribution in [0, 0.1) is 17.8 Å². The number of hydrogen-bond acceptors (Lipinski definition) is 5. The first-order valence-corrected chi connectivity index (χ1v) is 11.4. The Hall–Kier alpha value is -1.53. The van der Waals surface area contributed by atoms with Crippen molar-refractivity contribution in [1.29, 1.82) is 0 Å². The maximum atomic E-state index is 6.27. The molecule has 27 heavy (non-hydrogen) atoms. The summed E-state index contributed by atoms with van der Waals surface area (Å²) in [7, 11) is 0. The molecule has 138 valence electrons. The molecule has 4 atom stereocenters. The Morgan fingerprint density at radius 2 is 2.07 bits per heavy atom. The SMILES string of the molecule is Brc1cccc(-c2nc(-c3nnc(C45CCC6CC(CC4C6)C5)o3)cs2)c1. The van der Waals surface area contributed by atoms with Gasteiger partial charge in [0, 0.05) is 15.4 Å². The number of rotatable bonds is 3. The first-order chi connectivity index (χ1) is 13.2. The largest absolute Gasteiger partial charge is 0.419 e. The van der Waals surface area contributed by atoms with E-state index in [1.54, 1.807) is 11.3 Å². The number of fused-ring (bicyclic) bond motifs is 2. The van der Waals surface area contributed by atoms with E-state index in [1.807, 2.05) is 17.5 Å². The van der Waals surface area contributed by atoms with Crippen LogP contribution in [0.3, 0.4) is 0 Å². The Kier molecular flexibility index (Phi) is 3.64. The lowest BCUT2D eigenvalue weighted by Gasteiger charge is -2.40. The molecule has 6 rings (SSSR count). The van der Waals surface area contributed by atoms with E-state index in [1.165, 1.54) is 38.5 Å². The zero-order chi connectivity index (χ0) is 18.0. The summed E-state index contributed by atoms with van der Waals surface area (Å²) in [6.07, 6.45) is 7.93. The van der Waals surface area contributed by atoms with E-state index in [9.17, 15) is 0 Å². The van der Waals surface area contributed by atoms with Gasteiger partial charge in [-0.25, -0.2) is 4.98 Å². The van der Waals surface area contributed by atoms with Crippen LogP contribution in [0.25, 0.3) is 22.2 Å². The molecule has 0 radical (unpaired) electrons. The smallest absolute Gasteiger partial charge is 0.267 e. The van der Waals surface area contributed by atoms with Crippen LogP contribution < -0.4 is 0 Å². The molecule has 0 saturated heterocycles. The Bertz CT molecular complexity index is 1010. The molecular formula is C21H20BrN3OS. The van der Waals surface area contributed by atoms with Gasteiger partial charge in [-0.1, -0.05) is 28.1 Å². The van der Waals surface area contributed by atoms with Crippen molar-refractivity contribution in [2.75, 3.05) is 0 Å². The van der Waals surface area contributed by atoms with Crippen LogP contribution in [0.1, 0.15) is 44.4 Å². The average molecular weight is 442 g/mol. The summed E-state index contributed by atoms with van der Waals surface area (Å²) in [4.78, 5) is 4.76. The zero-order valence-corrected chi connectivity index (χ0v) is 17.3. The van der Waals surface area contributed by atoms with Crippen molar-refractivity contribution >= 4 is 27.3 Å². The minimum atomic E-state index is 0.145. The number of halogens is 1. The molecule has 3 aliphatic rings. The van der Waals surface area contributed by atoms with Crippen molar-refractivity contribution in [3.8, 4) is 22.2 Å². The van der Waals surface area contributed by atoms with Crippen LogP contribution in [0.5, 0.6) is 0 Å². The molecule has 3 aromatic rings. The molecule has 3 saturated carbocycles. The molecule has 3 bridgehead atoms. The number of aromatic nitrogens is 3. The van der Waals surface area contributed by atoms with Crippen LogP contribution >= 0.6 is 27.3 Å². The highest BCUT2D eigenvalue weighted by molar-refractivity contribution is 9.10. The summed E-state index contributed by atoms with van der Waals surface area (Å²) >= 11 is 5.14. The summed E-state index contributed by atoms with van der Waals surface area (Å²) < 4.78 is 7.32. The highest BCUT2D eigenvalue weighted by atomic mass is 79.9. The van der Waals surface area contributed by atoms with E-state index in [-0.39, 0.29) is 5.41 Å². The first kappa shape index (κ1) is 16.4. The number of hydrogen-bond donors (Lipinski definition) is 0. The second-order valence-electron chi connectivity index (χ2n) is 8.50. The maximum Gasteiger partial charge on any atom is 0.267 e. The van der Waals surface area contributed by atoms with E-state index in [0.29, 0.717) is 5.89 Å².